The summed E-state index contributed by atoms with van der Waals surface area (Å²) in [6.07, 6.45) is 3.16. The van der Waals surface area contributed by atoms with Crippen LogP contribution in [0.15, 0.2) is 30.3 Å². The van der Waals surface area contributed by atoms with Gasteiger partial charge in [-0.25, -0.2) is 0 Å². The molecule has 1 saturated heterocycles. The van der Waals surface area contributed by atoms with E-state index in [-0.39, 0.29) is 11.3 Å². The second-order valence-corrected chi connectivity index (χ2v) is 6.79. The van der Waals surface area contributed by atoms with Gasteiger partial charge in [0.1, 0.15) is 0 Å². The monoisotopic (exact) mass is 287 g/mol. The molecule has 3 rings (SSSR count). The molecule has 1 saturated carbocycles. The smallest absolute Gasteiger partial charge is 0.311 e. The Kier molecular flexibility index (Phi) is 3.27. The number of aliphatic carboxylic acids is 1. The molecule has 1 unspecified atom stereocenters. The number of hydrogen-bond acceptors (Lipinski definition) is 2. The second kappa shape index (κ2) is 4.86. The number of carboxylic acids is 1. The van der Waals surface area contributed by atoms with Crippen molar-refractivity contribution < 1.29 is 14.7 Å². The number of carbonyl (C=O) groups is 2. The Labute approximate surface area is 124 Å². The normalized spacial score (nSPS) is 26.6. The molecule has 4 heteroatoms. The summed E-state index contributed by atoms with van der Waals surface area (Å²) in [5.41, 5.74) is 0.132. The molecule has 1 aliphatic heterocycles. The van der Waals surface area contributed by atoms with E-state index in [0.29, 0.717) is 19.5 Å². The lowest BCUT2D eigenvalue weighted by Crippen LogP contribution is -2.39. The SMILES string of the molecule is CC1(C(=O)O)CCN(C(=O)C2(Cc3ccccc3)CC2)C1. The fourth-order valence-corrected chi connectivity index (χ4v) is 3.25. The van der Waals surface area contributed by atoms with Crippen molar-refractivity contribution in [2.24, 2.45) is 10.8 Å². The molecule has 0 spiro atoms. The van der Waals surface area contributed by atoms with Gasteiger partial charge in [0, 0.05) is 13.1 Å². The summed E-state index contributed by atoms with van der Waals surface area (Å²) in [5.74, 6) is -0.651. The highest BCUT2D eigenvalue weighted by Gasteiger charge is 2.54. The maximum absolute atomic E-state index is 12.8. The number of nitrogens with zero attached hydrogens (tertiary/aromatic N) is 1. The highest BCUT2D eigenvalue weighted by molar-refractivity contribution is 5.87. The Bertz CT molecular complexity index is 565. The summed E-state index contributed by atoms with van der Waals surface area (Å²) in [5, 5.41) is 9.29. The Hall–Kier alpha value is -1.84. The fraction of sp³-hybridized carbons (Fsp3) is 0.529. The summed E-state index contributed by atoms with van der Waals surface area (Å²) in [4.78, 5) is 25.9. The first-order chi connectivity index (χ1) is 9.95. The summed E-state index contributed by atoms with van der Waals surface area (Å²) in [6, 6.07) is 10.1. The highest BCUT2D eigenvalue weighted by Crippen LogP contribution is 2.51. The molecule has 1 aromatic rings. The van der Waals surface area contributed by atoms with Gasteiger partial charge in [0.05, 0.1) is 10.8 Å². The molecule has 1 N–H and O–H groups in total. The minimum absolute atomic E-state index is 0.149. The van der Waals surface area contributed by atoms with Crippen molar-refractivity contribution in [2.45, 2.75) is 32.6 Å². The number of rotatable bonds is 4. The predicted molar refractivity (Wildman–Crippen MR) is 78.8 cm³/mol. The van der Waals surface area contributed by atoms with Crippen molar-refractivity contribution in [3.8, 4) is 0 Å². The number of carbonyl (C=O) groups excluding carboxylic acids is 1. The van der Waals surface area contributed by atoms with Crippen molar-refractivity contribution >= 4 is 11.9 Å². The van der Waals surface area contributed by atoms with E-state index in [0.717, 1.165) is 19.3 Å². The van der Waals surface area contributed by atoms with Crippen LogP contribution in [0, 0.1) is 10.8 Å². The molecule has 1 amide bonds. The summed E-state index contributed by atoms with van der Waals surface area (Å²) in [6.45, 7) is 2.65. The second-order valence-electron chi connectivity index (χ2n) is 6.79. The van der Waals surface area contributed by atoms with Gasteiger partial charge in [-0.2, -0.15) is 0 Å². The largest absolute Gasteiger partial charge is 0.481 e. The van der Waals surface area contributed by atoms with Crippen LogP contribution in [0.2, 0.25) is 0 Å². The van der Waals surface area contributed by atoms with Crippen molar-refractivity contribution in [3.63, 3.8) is 0 Å². The van der Waals surface area contributed by atoms with Gasteiger partial charge in [0.25, 0.3) is 0 Å². The summed E-state index contributed by atoms with van der Waals surface area (Å²) >= 11 is 0. The maximum Gasteiger partial charge on any atom is 0.311 e. The third-order valence-electron chi connectivity index (χ3n) is 4.97. The van der Waals surface area contributed by atoms with Crippen molar-refractivity contribution in [3.05, 3.63) is 35.9 Å². The standard InChI is InChI=1S/C17H21NO3/c1-16(15(20)21)9-10-18(12-16)14(19)17(7-8-17)11-13-5-3-2-4-6-13/h2-6H,7-12H2,1H3,(H,20,21). The molecule has 1 aliphatic carbocycles. The van der Waals surface area contributed by atoms with E-state index in [1.54, 1.807) is 11.8 Å². The van der Waals surface area contributed by atoms with Gasteiger partial charge >= 0.3 is 5.97 Å². The molecule has 1 aromatic carbocycles. The van der Waals surface area contributed by atoms with E-state index < -0.39 is 11.4 Å². The van der Waals surface area contributed by atoms with Gasteiger partial charge in [-0.3, -0.25) is 9.59 Å². The lowest BCUT2D eigenvalue weighted by atomic mass is 9.90. The van der Waals surface area contributed by atoms with E-state index in [4.69, 9.17) is 0 Å². The number of carboxylic acid groups (broad SMARTS) is 1. The minimum atomic E-state index is -0.800. The van der Waals surface area contributed by atoms with Gasteiger partial charge in [0.2, 0.25) is 5.91 Å². The maximum atomic E-state index is 12.8. The first-order valence-corrected chi connectivity index (χ1v) is 7.52. The van der Waals surface area contributed by atoms with E-state index in [2.05, 4.69) is 12.1 Å². The molecule has 112 valence electrons. The van der Waals surface area contributed by atoms with Gasteiger partial charge in [-0.05, 0) is 38.2 Å². The van der Waals surface area contributed by atoms with Crippen LogP contribution >= 0.6 is 0 Å². The number of amides is 1. The molecule has 0 radical (unpaired) electrons. The molecule has 2 aliphatic rings. The average Bonchev–Trinajstić information content (AvgIpc) is 3.13. The molecular weight excluding hydrogens is 266 g/mol. The topological polar surface area (TPSA) is 57.6 Å². The van der Waals surface area contributed by atoms with E-state index in [1.165, 1.54) is 5.56 Å². The predicted octanol–water partition coefficient (Wildman–Crippen LogP) is 2.33. The van der Waals surface area contributed by atoms with Gasteiger partial charge < -0.3 is 10.0 Å². The zero-order chi connectivity index (χ0) is 15.1. The van der Waals surface area contributed by atoms with Crippen LogP contribution in [-0.4, -0.2) is 35.0 Å². The van der Waals surface area contributed by atoms with Crippen molar-refractivity contribution in [1.82, 2.24) is 4.90 Å². The van der Waals surface area contributed by atoms with Crippen LogP contribution in [-0.2, 0) is 16.0 Å². The van der Waals surface area contributed by atoms with Crippen LogP contribution in [0.4, 0.5) is 0 Å². The van der Waals surface area contributed by atoms with E-state index >= 15 is 0 Å². The zero-order valence-electron chi connectivity index (χ0n) is 12.3. The van der Waals surface area contributed by atoms with Crippen LogP contribution < -0.4 is 0 Å². The molecule has 1 atom stereocenters. The molecule has 21 heavy (non-hydrogen) atoms. The average molecular weight is 287 g/mol. The van der Waals surface area contributed by atoms with Gasteiger partial charge in [-0.15, -0.1) is 0 Å². The summed E-state index contributed by atoms with van der Waals surface area (Å²) < 4.78 is 0. The molecule has 0 bridgehead atoms. The molecule has 4 nitrogen and oxygen atoms in total. The molecule has 1 heterocycles. The summed E-state index contributed by atoms with van der Waals surface area (Å²) in [7, 11) is 0. The Morgan fingerprint density at radius 2 is 1.86 bits per heavy atom. The highest BCUT2D eigenvalue weighted by atomic mass is 16.4. The third-order valence-corrected chi connectivity index (χ3v) is 4.97. The minimum Gasteiger partial charge on any atom is -0.481 e. The lowest BCUT2D eigenvalue weighted by Gasteiger charge is -2.25. The first kappa shape index (κ1) is 14.1. The first-order valence-electron chi connectivity index (χ1n) is 7.52. The molecular formula is C17H21NO3. The van der Waals surface area contributed by atoms with Crippen LogP contribution in [0.1, 0.15) is 31.7 Å². The van der Waals surface area contributed by atoms with Crippen molar-refractivity contribution in [2.75, 3.05) is 13.1 Å². The van der Waals surface area contributed by atoms with Crippen molar-refractivity contribution in [1.29, 1.82) is 0 Å². The quantitative estimate of drug-likeness (QED) is 0.924. The van der Waals surface area contributed by atoms with E-state index in [9.17, 15) is 14.7 Å². The lowest BCUT2D eigenvalue weighted by molar-refractivity contribution is -0.147. The molecule has 0 aromatic heterocycles. The Morgan fingerprint density at radius 3 is 2.38 bits per heavy atom. The Morgan fingerprint density at radius 1 is 1.19 bits per heavy atom. The van der Waals surface area contributed by atoms with Gasteiger partial charge in [-0.1, -0.05) is 30.3 Å². The Balaban J connectivity index is 1.70. The number of likely N-dealkylation sites (tertiary alicyclic amines) is 1. The molecule has 2 fully saturated rings. The number of hydrogen-bond donors (Lipinski definition) is 1. The van der Waals surface area contributed by atoms with Crippen LogP contribution in [0.25, 0.3) is 0 Å². The zero-order valence-corrected chi connectivity index (χ0v) is 12.3. The van der Waals surface area contributed by atoms with Gasteiger partial charge in [0.15, 0.2) is 0 Å². The van der Waals surface area contributed by atoms with E-state index in [1.807, 2.05) is 18.2 Å². The fourth-order valence-electron chi connectivity index (χ4n) is 3.25. The van der Waals surface area contributed by atoms with Crippen LogP contribution in [0.5, 0.6) is 0 Å². The number of benzene rings is 1. The third kappa shape index (κ3) is 2.55. The van der Waals surface area contributed by atoms with Crippen LogP contribution in [0.3, 0.4) is 0 Å².